The normalized spacial score (nSPS) is 44.4. The highest BCUT2D eigenvalue weighted by molar-refractivity contribution is 5.66. The summed E-state index contributed by atoms with van der Waals surface area (Å²) >= 11 is 0. The Kier molecular flexibility index (Phi) is 3.51. The third-order valence-corrected chi connectivity index (χ3v) is 5.14. The van der Waals surface area contributed by atoms with Crippen LogP contribution in [0.15, 0.2) is 0 Å². The molecule has 0 radical (unpaired) electrons. The van der Waals surface area contributed by atoms with Gasteiger partial charge < -0.3 is 23.8 Å². The van der Waals surface area contributed by atoms with Crippen LogP contribution >= 0.6 is 0 Å². The van der Waals surface area contributed by atoms with Crippen LogP contribution in [-0.4, -0.2) is 66.8 Å². The average Bonchev–Trinajstić information content (AvgIpc) is 3.30. The molecule has 0 N–H and O–H groups in total. The summed E-state index contributed by atoms with van der Waals surface area (Å²) in [7, 11) is 3.33. The first kappa shape index (κ1) is 16.0. The van der Waals surface area contributed by atoms with Crippen molar-refractivity contribution < 1.29 is 23.7 Å². The van der Waals surface area contributed by atoms with Gasteiger partial charge in [-0.05, 0) is 27.7 Å². The van der Waals surface area contributed by atoms with Gasteiger partial charge in [0.05, 0.1) is 29.0 Å². The minimum Gasteiger partial charge on any atom is -0.447 e. The molecule has 3 fully saturated rings. The standard InChI is InChI=1S/C16H27NO5/c1-14(2)10(20-14)7-15(3)11(21-15)8-16(4)12(22-16)9-19-13(18)17(5)6/h10-12H,7-9H2,1-6H3/t10-,11-,12-,15-,16-/m1/s1. The lowest BCUT2D eigenvalue weighted by molar-refractivity contribution is 0.110. The minimum atomic E-state index is -0.335. The smallest absolute Gasteiger partial charge is 0.409 e. The zero-order valence-corrected chi connectivity index (χ0v) is 14.3. The van der Waals surface area contributed by atoms with E-state index >= 15 is 0 Å². The number of amides is 1. The number of rotatable bonds is 6. The Morgan fingerprint density at radius 1 is 0.955 bits per heavy atom. The van der Waals surface area contributed by atoms with Gasteiger partial charge in [-0.2, -0.15) is 0 Å². The SMILES string of the molecule is CN(C)C(=O)OC[C@H]1O[C@]1(C)C[C@H]1O[C@]1(C)C[C@H]1OC1(C)C. The molecule has 22 heavy (non-hydrogen) atoms. The molecule has 126 valence electrons. The van der Waals surface area contributed by atoms with Crippen LogP contribution in [0, 0.1) is 0 Å². The van der Waals surface area contributed by atoms with E-state index in [9.17, 15) is 4.79 Å². The number of nitrogens with zero attached hydrogens (tertiary/aromatic N) is 1. The molecule has 6 nitrogen and oxygen atoms in total. The van der Waals surface area contributed by atoms with Gasteiger partial charge in [-0.3, -0.25) is 0 Å². The molecule has 0 aromatic carbocycles. The molecule has 0 aromatic rings. The lowest BCUT2D eigenvalue weighted by Crippen LogP contribution is -2.26. The van der Waals surface area contributed by atoms with Crippen LogP contribution < -0.4 is 0 Å². The minimum absolute atomic E-state index is 0.00239. The lowest BCUT2D eigenvalue weighted by atomic mass is 9.91. The molecule has 0 spiro atoms. The summed E-state index contributed by atoms with van der Waals surface area (Å²) in [5, 5.41) is 0. The zero-order chi connectivity index (χ0) is 16.3. The van der Waals surface area contributed by atoms with E-state index in [0.29, 0.717) is 12.7 Å². The predicted octanol–water partition coefficient (Wildman–Crippen LogP) is 1.96. The summed E-state index contributed by atoms with van der Waals surface area (Å²) in [6.07, 6.45) is 1.90. The average molecular weight is 313 g/mol. The summed E-state index contributed by atoms with van der Waals surface area (Å²) in [6, 6.07) is 0. The predicted molar refractivity (Wildman–Crippen MR) is 79.8 cm³/mol. The molecule has 0 aromatic heterocycles. The Balaban J connectivity index is 1.41. The molecule has 3 aliphatic rings. The highest BCUT2D eigenvalue weighted by Crippen LogP contribution is 2.53. The molecule has 5 atom stereocenters. The van der Waals surface area contributed by atoms with E-state index in [1.807, 2.05) is 0 Å². The topological polar surface area (TPSA) is 67.1 Å². The highest BCUT2D eigenvalue weighted by atomic mass is 16.7. The summed E-state index contributed by atoms with van der Waals surface area (Å²) in [5.41, 5.74) is -0.338. The first-order valence-corrected chi connectivity index (χ1v) is 7.93. The Labute approximate surface area is 132 Å². The van der Waals surface area contributed by atoms with Gasteiger partial charge >= 0.3 is 6.09 Å². The zero-order valence-electron chi connectivity index (χ0n) is 14.3. The maximum Gasteiger partial charge on any atom is 0.409 e. The molecular weight excluding hydrogens is 286 g/mol. The molecule has 6 heteroatoms. The quantitative estimate of drug-likeness (QED) is 0.701. The molecule has 3 saturated heterocycles. The van der Waals surface area contributed by atoms with E-state index in [2.05, 4.69) is 27.7 Å². The number of hydrogen-bond acceptors (Lipinski definition) is 5. The van der Waals surface area contributed by atoms with Gasteiger partial charge in [-0.25, -0.2) is 4.79 Å². The second-order valence-corrected chi connectivity index (χ2v) is 7.93. The molecule has 0 bridgehead atoms. The molecule has 3 rings (SSSR count). The Morgan fingerprint density at radius 2 is 1.45 bits per heavy atom. The number of hydrogen-bond donors (Lipinski definition) is 0. The van der Waals surface area contributed by atoms with Crippen molar-refractivity contribution in [1.82, 2.24) is 4.90 Å². The van der Waals surface area contributed by atoms with Crippen molar-refractivity contribution in [3.63, 3.8) is 0 Å². The van der Waals surface area contributed by atoms with E-state index in [1.165, 1.54) is 4.90 Å². The summed E-state index contributed by atoms with van der Waals surface area (Å²) in [6.45, 7) is 8.72. The van der Waals surface area contributed by atoms with Gasteiger partial charge in [0.1, 0.15) is 12.7 Å². The lowest BCUT2D eigenvalue weighted by Gasteiger charge is -2.11. The van der Waals surface area contributed by atoms with Crippen LogP contribution in [0.1, 0.15) is 40.5 Å². The number of carbonyl (C=O) groups is 1. The van der Waals surface area contributed by atoms with Gasteiger partial charge in [0, 0.05) is 26.9 Å². The molecular formula is C16H27NO5. The first-order chi connectivity index (χ1) is 10.1. The fourth-order valence-electron chi connectivity index (χ4n) is 3.04. The summed E-state index contributed by atoms with van der Waals surface area (Å²) < 4.78 is 22.5. The summed E-state index contributed by atoms with van der Waals surface area (Å²) in [4.78, 5) is 12.8. The number of carbonyl (C=O) groups excluding carboxylic acids is 1. The van der Waals surface area contributed by atoms with Crippen molar-refractivity contribution in [3.05, 3.63) is 0 Å². The molecule has 0 unspecified atom stereocenters. The Bertz CT molecular complexity index is 479. The van der Waals surface area contributed by atoms with Crippen molar-refractivity contribution >= 4 is 6.09 Å². The Hall–Kier alpha value is -0.850. The van der Waals surface area contributed by atoms with Crippen molar-refractivity contribution in [2.75, 3.05) is 20.7 Å². The van der Waals surface area contributed by atoms with E-state index in [1.54, 1.807) is 14.1 Å². The van der Waals surface area contributed by atoms with E-state index in [-0.39, 0.29) is 35.1 Å². The molecule has 1 amide bonds. The van der Waals surface area contributed by atoms with Crippen molar-refractivity contribution in [2.24, 2.45) is 0 Å². The van der Waals surface area contributed by atoms with Gasteiger partial charge in [-0.1, -0.05) is 0 Å². The maximum absolute atomic E-state index is 11.4. The number of epoxide rings is 3. The third-order valence-electron chi connectivity index (χ3n) is 5.14. The van der Waals surface area contributed by atoms with E-state index in [4.69, 9.17) is 18.9 Å². The van der Waals surface area contributed by atoms with E-state index < -0.39 is 0 Å². The van der Waals surface area contributed by atoms with Crippen molar-refractivity contribution in [3.8, 4) is 0 Å². The van der Waals surface area contributed by atoms with Gasteiger partial charge in [0.15, 0.2) is 0 Å². The summed E-state index contributed by atoms with van der Waals surface area (Å²) in [5.74, 6) is 0. The van der Waals surface area contributed by atoms with Crippen LogP contribution in [0.4, 0.5) is 4.79 Å². The largest absolute Gasteiger partial charge is 0.447 e. The second kappa shape index (κ2) is 4.82. The van der Waals surface area contributed by atoms with Crippen LogP contribution in [0.2, 0.25) is 0 Å². The fraction of sp³-hybridized carbons (Fsp3) is 0.938. The molecule has 3 heterocycles. The fourth-order valence-corrected chi connectivity index (χ4v) is 3.04. The van der Waals surface area contributed by atoms with Crippen LogP contribution in [0.3, 0.4) is 0 Å². The van der Waals surface area contributed by atoms with Crippen molar-refractivity contribution in [2.45, 2.75) is 75.7 Å². The van der Waals surface area contributed by atoms with Gasteiger partial charge in [0.2, 0.25) is 0 Å². The monoisotopic (exact) mass is 313 g/mol. The number of ether oxygens (including phenoxy) is 4. The molecule has 3 aliphatic heterocycles. The molecule has 0 aliphatic carbocycles. The van der Waals surface area contributed by atoms with Gasteiger partial charge in [0.25, 0.3) is 0 Å². The van der Waals surface area contributed by atoms with Crippen LogP contribution in [0.5, 0.6) is 0 Å². The second-order valence-electron chi connectivity index (χ2n) is 7.93. The first-order valence-electron chi connectivity index (χ1n) is 7.93. The van der Waals surface area contributed by atoms with E-state index in [0.717, 1.165) is 12.8 Å². The van der Waals surface area contributed by atoms with Gasteiger partial charge in [-0.15, -0.1) is 0 Å². The highest BCUT2D eigenvalue weighted by Gasteiger charge is 2.64. The molecule has 0 saturated carbocycles. The third kappa shape index (κ3) is 3.09. The van der Waals surface area contributed by atoms with Crippen LogP contribution in [-0.2, 0) is 18.9 Å². The maximum atomic E-state index is 11.4. The Morgan fingerprint density at radius 3 is 2.00 bits per heavy atom. The van der Waals surface area contributed by atoms with Crippen LogP contribution in [0.25, 0.3) is 0 Å². The van der Waals surface area contributed by atoms with Crippen molar-refractivity contribution in [1.29, 1.82) is 0 Å².